The van der Waals surface area contributed by atoms with Crippen molar-refractivity contribution >= 4 is 35.1 Å². The second-order valence-corrected chi connectivity index (χ2v) is 11.9. The maximum atomic E-state index is 13.7. The highest BCUT2D eigenvalue weighted by Gasteiger charge is 2.35. The minimum atomic E-state index is -0.480. The zero-order valence-electron chi connectivity index (χ0n) is 25.3. The molecule has 43 heavy (non-hydrogen) atoms. The molecule has 1 aromatic carbocycles. The van der Waals surface area contributed by atoms with Crippen molar-refractivity contribution < 1.29 is 33.3 Å². The van der Waals surface area contributed by atoms with Crippen molar-refractivity contribution in [3.05, 3.63) is 50.8 Å². The van der Waals surface area contributed by atoms with Crippen molar-refractivity contribution in [3.63, 3.8) is 0 Å². The molecular formula is C31H43Cl2N3O7. The fraction of sp³-hybridized carbons (Fsp3) is 0.613. The standard InChI is InChI=1S/C31H43Cl2N3O7/c1-21-28(30(37)42-13-5-4-12-41-24-6-7-26(32)27(33)18-24)22(2)34-23(3)29(21)31(38)43-25(19-35-8-14-39-15-9-35)20-36-10-16-40-17-11-36/h6-7,18,21,25,34H,4-5,8-17,19-20H2,1-3H3. The molecule has 0 saturated carbocycles. The number of hydrogen-bond acceptors (Lipinski definition) is 10. The van der Waals surface area contributed by atoms with Gasteiger partial charge in [-0.1, -0.05) is 30.1 Å². The Hall–Kier alpha value is -2.34. The largest absolute Gasteiger partial charge is 0.494 e. The van der Waals surface area contributed by atoms with Crippen LogP contribution in [0, 0.1) is 5.92 Å². The van der Waals surface area contributed by atoms with Crippen molar-refractivity contribution in [2.24, 2.45) is 5.92 Å². The Balaban J connectivity index is 1.30. The molecule has 3 aliphatic heterocycles. The molecule has 0 amide bonds. The van der Waals surface area contributed by atoms with Crippen LogP contribution in [0.3, 0.4) is 0 Å². The lowest BCUT2D eigenvalue weighted by Gasteiger charge is -2.35. The molecule has 4 rings (SSSR count). The van der Waals surface area contributed by atoms with Crippen LogP contribution in [0.2, 0.25) is 10.0 Å². The molecule has 3 aliphatic rings. The zero-order valence-corrected chi connectivity index (χ0v) is 26.8. The minimum absolute atomic E-state index is 0.233. The summed E-state index contributed by atoms with van der Waals surface area (Å²) in [5.74, 6) is -0.709. The highest BCUT2D eigenvalue weighted by molar-refractivity contribution is 6.42. The third-order valence-electron chi connectivity index (χ3n) is 7.83. The second kappa shape index (κ2) is 16.7. The fourth-order valence-corrected chi connectivity index (χ4v) is 5.85. The first-order valence-corrected chi connectivity index (χ1v) is 15.7. The predicted molar refractivity (Wildman–Crippen MR) is 164 cm³/mol. The third-order valence-corrected chi connectivity index (χ3v) is 8.56. The number of morpholine rings is 2. The number of carbonyl (C=O) groups is 2. The lowest BCUT2D eigenvalue weighted by molar-refractivity contribution is -0.148. The van der Waals surface area contributed by atoms with Gasteiger partial charge in [-0.05, 0) is 38.8 Å². The van der Waals surface area contributed by atoms with E-state index in [2.05, 4.69) is 15.1 Å². The first kappa shape index (κ1) is 33.6. The van der Waals surface area contributed by atoms with E-state index < -0.39 is 17.9 Å². The van der Waals surface area contributed by atoms with Crippen LogP contribution < -0.4 is 10.1 Å². The van der Waals surface area contributed by atoms with Crippen LogP contribution in [0.5, 0.6) is 5.75 Å². The van der Waals surface area contributed by atoms with Gasteiger partial charge in [-0.2, -0.15) is 0 Å². The van der Waals surface area contributed by atoms with Crippen molar-refractivity contribution in [2.45, 2.75) is 39.7 Å². The van der Waals surface area contributed by atoms with Gasteiger partial charge in [0.05, 0.1) is 60.8 Å². The van der Waals surface area contributed by atoms with Crippen LogP contribution in [0.15, 0.2) is 40.7 Å². The quantitative estimate of drug-likeness (QED) is 0.251. The Kier molecular flexibility index (Phi) is 13.0. The molecule has 1 unspecified atom stereocenters. The number of nitrogens with one attached hydrogen (secondary N) is 1. The van der Waals surface area contributed by atoms with Crippen LogP contribution in [0.25, 0.3) is 0 Å². The van der Waals surface area contributed by atoms with Gasteiger partial charge < -0.3 is 29.0 Å². The first-order chi connectivity index (χ1) is 20.7. The Morgan fingerprint density at radius 3 is 2.02 bits per heavy atom. The first-order valence-electron chi connectivity index (χ1n) is 15.0. The molecule has 1 N–H and O–H groups in total. The molecule has 238 valence electrons. The zero-order chi connectivity index (χ0) is 30.8. The van der Waals surface area contributed by atoms with Gasteiger partial charge in [0.15, 0.2) is 0 Å². The Bertz CT molecular complexity index is 1160. The number of allylic oxidation sites excluding steroid dienone is 2. The van der Waals surface area contributed by atoms with Crippen LogP contribution in [0.1, 0.15) is 33.6 Å². The number of benzene rings is 1. The van der Waals surface area contributed by atoms with E-state index in [-0.39, 0.29) is 12.7 Å². The van der Waals surface area contributed by atoms with Crippen LogP contribution in [0.4, 0.5) is 0 Å². The van der Waals surface area contributed by atoms with Crippen molar-refractivity contribution in [1.82, 2.24) is 15.1 Å². The van der Waals surface area contributed by atoms with E-state index in [0.717, 1.165) is 26.2 Å². The molecule has 2 saturated heterocycles. The van der Waals surface area contributed by atoms with Crippen LogP contribution in [-0.4, -0.2) is 107 Å². The summed E-state index contributed by atoms with van der Waals surface area (Å²) in [5, 5.41) is 4.11. The molecule has 10 nitrogen and oxygen atoms in total. The number of rotatable bonds is 13. The van der Waals surface area contributed by atoms with Crippen molar-refractivity contribution in [3.8, 4) is 5.75 Å². The lowest BCUT2D eigenvalue weighted by Crippen LogP contribution is -2.48. The Morgan fingerprint density at radius 1 is 0.884 bits per heavy atom. The number of unbranched alkanes of at least 4 members (excludes halogenated alkanes) is 1. The summed E-state index contributed by atoms with van der Waals surface area (Å²) in [7, 11) is 0. The Labute approximate surface area is 264 Å². The maximum absolute atomic E-state index is 13.7. The smallest absolute Gasteiger partial charge is 0.336 e. The summed E-state index contributed by atoms with van der Waals surface area (Å²) in [6, 6.07) is 5.11. The molecule has 1 aromatic rings. The number of esters is 2. The molecule has 0 radical (unpaired) electrons. The molecule has 2 fully saturated rings. The third kappa shape index (κ3) is 9.83. The van der Waals surface area contributed by atoms with Gasteiger partial charge >= 0.3 is 11.9 Å². The highest BCUT2D eigenvalue weighted by atomic mass is 35.5. The monoisotopic (exact) mass is 639 g/mol. The summed E-state index contributed by atoms with van der Waals surface area (Å²) < 4.78 is 28.5. The Morgan fingerprint density at radius 2 is 1.44 bits per heavy atom. The van der Waals surface area contributed by atoms with Crippen molar-refractivity contribution in [2.75, 3.05) is 78.9 Å². The SMILES string of the molecule is CC1=C(C(=O)OCCCCOc2ccc(Cl)c(Cl)c2)C(C)C(C(=O)OC(CN2CCOCC2)CN2CCOCC2)=C(C)N1. The van der Waals surface area contributed by atoms with Gasteiger partial charge in [0.2, 0.25) is 0 Å². The van der Waals surface area contributed by atoms with Crippen molar-refractivity contribution in [1.29, 1.82) is 0 Å². The molecule has 0 aromatic heterocycles. The number of halogens is 2. The summed E-state index contributed by atoms with van der Waals surface area (Å²) in [5.41, 5.74) is 2.24. The molecule has 1 atom stereocenters. The predicted octanol–water partition coefficient (Wildman–Crippen LogP) is 4.06. The van der Waals surface area contributed by atoms with Gasteiger partial charge in [-0.3, -0.25) is 9.80 Å². The summed E-state index contributed by atoms with van der Waals surface area (Å²) >= 11 is 12.0. The van der Waals surface area contributed by atoms with Gasteiger partial charge in [0.1, 0.15) is 11.9 Å². The van der Waals surface area contributed by atoms with E-state index in [1.165, 1.54) is 0 Å². The normalized spacial score (nSPS) is 20.3. The van der Waals surface area contributed by atoms with E-state index in [9.17, 15) is 9.59 Å². The second-order valence-electron chi connectivity index (χ2n) is 11.0. The average molecular weight is 641 g/mol. The molecule has 3 heterocycles. The van der Waals surface area contributed by atoms with E-state index >= 15 is 0 Å². The molecule has 0 spiro atoms. The van der Waals surface area contributed by atoms with E-state index in [1.807, 2.05) is 20.8 Å². The minimum Gasteiger partial charge on any atom is -0.494 e. The summed E-state index contributed by atoms with van der Waals surface area (Å²) in [6.45, 7) is 13.3. The molecule has 0 aliphatic carbocycles. The topological polar surface area (TPSA) is 98.8 Å². The van der Waals surface area contributed by atoms with Crippen LogP contribution >= 0.6 is 23.2 Å². The molecular weight excluding hydrogens is 597 g/mol. The highest BCUT2D eigenvalue weighted by Crippen LogP contribution is 2.31. The van der Waals surface area contributed by atoms with E-state index in [0.29, 0.717) is 97.3 Å². The molecule has 0 bridgehead atoms. The number of nitrogens with zero attached hydrogens (tertiary/aromatic N) is 2. The van der Waals surface area contributed by atoms with Gasteiger partial charge in [0.25, 0.3) is 0 Å². The summed E-state index contributed by atoms with van der Waals surface area (Å²) in [6.07, 6.45) is 0.976. The number of hydrogen-bond donors (Lipinski definition) is 1. The van der Waals surface area contributed by atoms with Gasteiger partial charge in [-0.25, -0.2) is 9.59 Å². The fourth-order valence-electron chi connectivity index (χ4n) is 5.56. The number of ether oxygens (including phenoxy) is 5. The lowest BCUT2D eigenvalue weighted by atomic mass is 9.87. The number of carbonyl (C=O) groups excluding carboxylic acids is 2. The van der Waals surface area contributed by atoms with Crippen LogP contribution in [-0.2, 0) is 28.5 Å². The van der Waals surface area contributed by atoms with Gasteiger partial charge in [-0.15, -0.1) is 0 Å². The van der Waals surface area contributed by atoms with E-state index in [1.54, 1.807) is 18.2 Å². The maximum Gasteiger partial charge on any atom is 0.336 e. The summed E-state index contributed by atoms with van der Waals surface area (Å²) in [4.78, 5) is 31.4. The average Bonchev–Trinajstić information content (AvgIpc) is 2.97. The number of dihydropyridines is 1. The van der Waals surface area contributed by atoms with Gasteiger partial charge in [0, 0.05) is 62.6 Å². The van der Waals surface area contributed by atoms with E-state index in [4.69, 9.17) is 46.9 Å². The molecule has 12 heteroatoms.